The Bertz CT molecular complexity index is 627. The van der Waals surface area contributed by atoms with Gasteiger partial charge in [-0.25, -0.2) is 4.98 Å². The lowest BCUT2D eigenvalue weighted by Crippen LogP contribution is -2.39. The summed E-state index contributed by atoms with van der Waals surface area (Å²) in [6.45, 7) is 4.10. The zero-order valence-corrected chi connectivity index (χ0v) is 13.0. The monoisotopic (exact) mass is 301 g/mol. The van der Waals surface area contributed by atoms with Crippen LogP contribution >= 0.6 is 11.3 Å². The SMILES string of the molecule is CCc1cnc(C(C)NC(=O)[C@@H]2Cc3ccccc3N2)s1. The molecule has 2 heterocycles. The van der Waals surface area contributed by atoms with Gasteiger partial charge in [0.2, 0.25) is 5.91 Å². The number of carbonyl (C=O) groups excluding carboxylic acids is 1. The molecule has 1 aromatic carbocycles. The Morgan fingerprint density at radius 1 is 1.52 bits per heavy atom. The first kappa shape index (κ1) is 14.1. The average Bonchev–Trinajstić information content (AvgIpc) is 3.13. The van der Waals surface area contributed by atoms with E-state index in [4.69, 9.17) is 0 Å². The molecule has 2 atom stereocenters. The van der Waals surface area contributed by atoms with Gasteiger partial charge in [0, 0.05) is 23.2 Å². The number of aryl methyl sites for hydroxylation is 1. The normalized spacial score (nSPS) is 17.9. The summed E-state index contributed by atoms with van der Waals surface area (Å²) in [6, 6.07) is 7.83. The third-order valence-corrected chi connectivity index (χ3v) is 5.06. The summed E-state index contributed by atoms with van der Waals surface area (Å²) >= 11 is 1.67. The van der Waals surface area contributed by atoms with Crippen LogP contribution in [0.3, 0.4) is 0 Å². The summed E-state index contributed by atoms with van der Waals surface area (Å²) < 4.78 is 0. The van der Waals surface area contributed by atoms with Crippen molar-refractivity contribution < 1.29 is 4.79 Å². The number of aromatic nitrogens is 1. The molecule has 0 saturated carbocycles. The van der Waals surface area contributed by atoms with Crippen LogP contribution in [-0.2, 0) is 17.6 Å². The number of hydrogen-bond acceptors (Lipinski definition) is 4. The highest BCUT2D eigenvalue weighted by atomic mass is 32.1. The van der Waals surface area contributed by atoms with Crippen molar-refractivity contribution >= 4 is 22.9 Å². The molecule has 21 heavy (non-hydrogen) atoms. The number of rotatable bonds is 4. The van der Waals surface area contributed by atoms with Crippen LogP contribution in [0.1, 0.15) is 35.3 Å². The second-order valence-corrected chi connectivity index (χ2v) is 6.45. The van der Waals surface area contributed by atoms with E-state index in [0.717, 1.165) is 23.5 Å². The fraction of sp³-hybridized carbons (Fsp3) is 0.375. The predicted molar refractivity (Wildman–Crippen MR) is 85.6 cm³/mol. The molecular formula is C16H19N3OS. The number of carbonyl (C=O) groups is 1. The van der Waals surface area contributed by atoms with Gasteiger partial charge in [0.25, 0.3) is 0 Å². The zero-order valence-electron chi connectivity index (χ0n) is 12.2. The number of amides is 1. The first-order valence-corrected chi connectivity index (χ1v) is 8.08. The summed E-state index contributed by atoms with van der Waals surface area (Å²) in [7, 11) is 0. The van der Waals surface area contributed by atoms with Crippen molar-refractivity contribution in [2.24, 2.45) is 0 Å². The number of thiazole rings is 1. The predicted octanol–water partition coefficient (Wildman–Crippen LogP) is 2.92. The van der Waals surface area contributed by atoms with Crippen molar-refractivity contribution in [3.63, 3.8) is 0 Å². The van der Waals surface area contributed by atoms with Crippen LogP contribution in [0, 0.1) is 0 Å². The molecule has 0 aliphatic carbocycles. The molecule has 0 spiro atoms. The molecule has 1 aromatic heterocycles. The lowest BCUT2D eigenvalue weighted by Gasteiger charge is -2.16. The van der Waals surface area contributed by atoms with Gasteiger partial charge in [-0.15, -0.1) is 11.3 Å². The minimum absolute atomic E-state index is 0.0342. The standard InChI is InChI=1S/C16H19N3OS/c1-3-12-9-17-16(21-12)10(2)18-15(20)14-8-11-6-4-5-7-13(11)19-14/h4-7,9-10,14,19H,3,8H2,1-2H3,(H,18,20)/t10?,14-/m0/s1. The third kappa shape index (κ3) is 2.93. The average molecular weight is 301 g/mol. The van der Waals surface area contributed by atoms with E-state index >= 15 is 0 Å². The van der Waals surface area contributed by atoms with Gasteiger partial charge in [-0.1, -0.05) is 25.1 Å². The Morgan fingerprint density at radius 3 is 3.05 bits per heavy atom. The Balaban J connectivity index is 1.62. The van der Waals surface area contributed by atoms with Crippen LogP contribution in [0.4, 0.5) is 5.69 Å². The largest absolute Gasteiger partial charge is 0.373 e. The van der Waals surface area contributed by atoms with Gasteiger partial charge >= 0.3 is 0 Å². The van der Waals surface area contributed by atoms with Crippen molar-refractivity contribution in [3.8, 4) is 0 Å². The number of nitrogens with zero attached hydrogens (tertiary/aromatic N) is 1. The van der Waals surface area contributed by atoms with E-state index in [1.54, 1.807) is 11.3 Å². The molecule has 3 rings (SSSR count). The Morgan fingerprint density at radius 2 is 2.33 bits per heavy atom. The lowest BCUT2D eigenvalue weighted by molar-refractivity contribution is -0.122. The first-order chi connectivity index (χ1) is 10.2. The fourth-order valence-electron chi connectivity index (χ4n) is 2.52. The minimum atomic E-state index is -0.185. The summed E-state index contributed by atoms with van der Waals surface area (Å²) in [4.78, 5) is 18.0. The molecule has 5 heteroatoms. The zero-order chi connectivity index (χ0) is 14.8. The van der Waals surface area contributed by atoms with Crippen LogP contribution in [0.25, 0.3) is 0 Å². The van der Waals surface area contributed by atoms with Crippen molar-refractivity contribution in [2.75, 3.05) is 5.32 Å². The van der Waals surface area contributed by atoms with Crippen molar-refractivity contribution in [1.29, 1.82) is 0 Å². The highest BCUT2D eigenvalue weighted by Gasteiger charge is 2.27. The summed E-state index contributed by atoms with van der Waals surface area (Å²) in [6.07, 6.45) is 3.62. The van der Waals surface area contributed by atoms with E-state index < -0.39 is 0 Å². The number of anilines is 1. The second kappa shape index (κ2) is 5.85. The maximum atomic E-state index is 12.4. The highest BCUT2D eigenvalue weighted by molar-refractivity contribution is 7.11. The van der Waals surface area contributed by atoms with Gasteiger partial charge in [-0.2, -0.15) is 0 Å². The molecule has 1 amide bonds. The smallest absolute Gasteiger partial charge is 0.243 e. The van der Waals surface area contributed by atoms with Crippen LogP contribution in [-0.4, -0.2) is 16.9 Å². The van der Waals surface area contributed by atoms with E-state index in [9.17, 15) is 4.79 Å². The first-order valence-electron chi connectivity index (χ1n) is 7.26. The molecular weight excluding hydrogens is 282 g/mol. The topological polar surface area (TPSA) is 54.0 Å². The molecule has 110 valence electrons. The van der Waals surface area contributed by atoms with E-state index in [1.807, 2.05) is 31.3 Å². The van der Waals surface area contributed by atoms with Crippen molar-refractivity contribution in [3.05, 3.63) is 45.9 Å². The van der Waals surface area contributed by atoms with Gasteiger partial charge in [0.05, 0.1) is 6.04 Å². The van der Waals surface area contributed by atoms with Crippen molar-refractivity contribution in [2.45, 2.75) is 38.8 Å². The Labute approximate surface area is 128 Å². The second-order valence-electron chi connectivity index (χ2n) is 5.31. The van der Waals surface area contributed by atoms with Gasteiger partial charge in [-0.3, -0.25) is 4.79 Å². The van der Waals surface area contributed by atoms with Crippen LogP contribution < -0.4 is 10.6 Å². The number of fused-ring (bicyclic) bond motifs is 1. The van der Waals surface area contributed by atoms with Gasteiger partial charge in [-0.05, 0) is 25.0 Å². The summed E-state index contributed by atoms with van der Waals surface area (Å²) in [5, 5.41) is 7.30. The summed E-state index contributed by atoms with van der Waals surface area (Å²) in [5.74, 6) is 0.0342. The molecule has 1 unspecified atom stereocenters. The lowest BCUT2D eigenvalue weighted by atomic mass is 10.1. The van der Waals surface area contributed by atoms with Crippen LogP contribution in [0.5, 0.6) is 0 Å². The molecule has 0 bridgehead atoms. The van der Waals surface area contributed by atoms with Crippen molar-refractivity contribution in [1.82, 2.24) is 10.3 Å². The van der Waals surface area contributed by atoms with E-state index in [0.29, 0.717) is 0 Å². The third-order valence-electron chi connectivity index (χ3n) is 3.74. The Kier molecular flexibility index (Phi) is 3.92. The quantitative estimate of drug-likeness (QED) is 0.913. The van der Waals surface area contributed by atoms with E-state index in [-0.39, 0.29) is 18.0 Å². The number of hydrogen-bond donors (Lipinski definition) is 2. The van der Waals surface area contributed by atoms with Gasteiger partial charge in [0.1, 0.15) is 11.0 Å². The maximum Gasteiger partial charge on any atom is 0.243 e. The van der Waals surface area contributed by atoms with E-state index in [2.05, 4.69) is 28.6 Å². The maximum absolute atomic E-state index is 12.4. The molecule has 1 aliphatic rings. The van der Waals surface area contributed by atoms with Crippen LogP contribution in [0.15, 0.2) is 30.5 Å². The van der Waals surface area contributed by atoms with E-state index in [1.165, 1.54) is 10.4 Å². The molecule has 0 fully saturated rings. The fourth-order valence-corrected chi connectivity index (χ4v) is 3.38. The van der Waals surface area contributed by atoms with Gasteiger partial charge in [0.15, 0.2) is 0 Å². The summed E-state index contributed by atoms with van der Waals surface area (Å²) in [5.41, 5.74) is 2.26. The molecule has 4 nitrogen and oxygen atoms in total. The number of benzene rings is 1. The molecule has 0 saturated heterocycles. The molecule has 2 aromatic rings. The molecule has 1 aliphatic heterocycles. The van der Waals surface area contributed by atoms with Crippen LogP contribution in [0.2, 0.25) is 0 Å². The van der Waals surface area contributed by atoms with Gasteiger partial charge < -0.3 is 10.6 Å². The molecule has 2 N–H and O–H groups in total. The Hall–Kier alpha value is -1.88. The highest BCUT2D eigenvalue weighted by Crippen LogP contribution is 2.26. The number of nitrogens with one attached hydrogen (secondary N) is 2. The molecule has 0 radical (unpaired) electrons. The minimum Gasteiger partial charge on any atom is -0.373 e. The number of para-hydroxylation sites is 1.